The van der Waals surface area contributed by atoms with E-state index in [0.717, 1.165) is 5.76 Å². The normalized spacial score (nSPS) is 17.5. The summed E-state index contributed by atoms with van der Waals surface area (Å²) in [5.41, 5.74) is 0.917. The fourth-order valence-electron chi connectivity index (χ4n) is 5.44. The zero-order chi connectivity index (χ0) is 31.5. The molecule has 0 aliphatic carbocycles. The number of benzene rings is 2. The highest BCUT2D eigenvalue weighted by atomic mass is 16.5. The Hall–Kier alpha value is -4.53. The summed E-state index contributed by atoms with van der Waals surface area (Å²) in [6.45, 7) is 2.16. The van der Waals surface area contributed by atoms with Crippen molar-refractivity contribution in [1.29, 1.82) is 0 Å². The molecular formula is C35H41NO8. The number of hydrogen-bond donors (Lipinski definition) is 3. The Labute approximate surface area is 257 Å². The van der Waals surface area contributed by atoms with Crippen molar-refractivity contribution in [2.75, 3.05) is 13.7 Å². The highest BCUT2D eigenvalue weighted by Crippen LogP contribution is 2.44. The lowest BCUT2D eigenvalue weighted by molar-refractivity contribution is -0.121. The number of aromatic hydroxyl groups is 2. The third kappa shape index (κ3) is 8.75. The molecule has 0 bridgehead atoms. The van der Waals surface area contributed by atoms with Gasteiger partial charge in [0.25, 0.3) is 0 Å². The SMILES string of the molecule is COc1ccc(C(CC(=O)NCCCc2ccco2)c2c(O)cc3c(c2O)C(=O)O[C@@H](C)CCCC(=O)CCC/C=C/3)cc1. The number of ketones is 1. The highest BCUT2D eigenvalue weighted by Gasteiger charge is 2.31. The number of esters is 1. The summed E-state index contributed by atoms with van der Waals surface area (Å²) >= 11 is 0. The van der Waals surface area contributed by atoms with Gasteiger partial charge in [0.1, 0.15) is 34.4 Å². The molecule has 3 aromatic rings. The molecule has 44 heavy (non-hydrogen) atoms. The van der Waals surface area contributed by atoms with E-state index in [2.05, 4.69) is 5.32 Å². The summed E-state index contributed by atoms with van der Waals surface area (Å²) in [6.07, 6.45) is 9.08. The van der Waals surface area contributed by atoms with Gasteiger partial charge in [0, 0.05) is 43.7 Å². The maximum atomic E-state index is 13.5. The van der Waals surface area contributed by atoms with E-state index in [1.807, 2.05) is 18.2 Å². The number of Topliss-reactive ketones (excluding diaryl/α,β-unsaturated/α-hetero) is 1. The summed E-state index contributed by atoms with van der Waals surface area (Å²) in [4.78, 5) is 38.8. The van der Waals surface area contributed by atoms with E-state index in [9.17, 15) is 24.6 Å². The number of phenols is 2. The van der Waals surface area contributed by atoms with Gasteiger partial charge < -0.3 is 29.4 Å². The topological polar surface area (TPSA) is 135 Å². The van der Waals surface area contributed by atoms with Crippen LogP contribution < -0.4 is 10.1 Å². The van der Waals surface area contributed by atoms with E-state index >= 15 is 0 Å². The highest BCUT2D eigenvalue weighted by molar-refractivity contribution is 5.98. The van der Waals surface area contributed by atoms with Gasteiger partial charge >= 0.3 is 5.97 Å². The molecule has 1 unspecified atom stereocenters. The molecule has 1 aliphatic rings. The van der Waals surface area contributed by atoms with Crippen molar-refractivity contribution in [1.82, 2.24) is 5.32 Å². The van der Waals surface area contributed by atoms with E-state index in [1.165, 1.54) is 6.07 Å². The fraction of sp³-hybridized carbons (Fsp3) is 0.400. The van der Waals surface area contributed by atoms with Gasteiger partial charge in [0.15, 0.2) is 0 Å². The van der Waals surface area contributed by atoms with Crippen molar-refractivity contribution in [3.63, 3.8) is 0 Å². The number of carbonyl (C=O) groups excluding carboxylic acids is 3. The van der Waals surface area contributed by atoms with Crippen LogP contribution in [0.2, 0.25) is 0 Å². The number of furan rings is 1. The average Bonchev–Trinajstić information content (AvgIpc) is 3.52. The standard InChI is InChI=1S/C35H41NO8/c1-23-9-6-12-26(37)11-5-3-4-10-25-21-30(38)33(34(40)32(25)35(41)44-23)29(24-15-17-27(42-2)18-16-24)22-31(39)36-19-7-13-28-14-8-20-43-28/h4,8,10,14-18,20-21,23,29,38,40H,3,5-7,9,11-13,19,22H2,1-2H3,(H,36,39)/b10-4+/t23-,29?/m0/s1. The molecule has 2 atom stereocenters. The molecule has 1 aromatic heterocycles. The summed E-state index contributed by atoms with van der Waals surface area (Å²) in [5, 5.41) is 25.9. The molecule has 0 fully saturated rings. The molecule has 0 radical (unpaired) electrons. The number of hydrogen-bond acceptors (Lipinski definition) is 8. The number of nitrogens with one attached hydrogen (secondary N) is 1. The zero-order valence-corrected chi connectivity index (χ0v) is 25.3. The smallest absolute Gasteiger partial charge is 0.342 e. The van der Waals surface area contributed by atoms with Crippen molar-refractivity contribution < 1.29 is 38.5 Å². The van der Waals surface area contributed by atoms with Crippen LogP contribution >= 0.6 is 0 Å². The molecule has 1 aliphatic heterocycles. The number of fused-ring (bicyclic) bond motifs is 1. The molecule has 3 N–H and O–H groups in total. The van der Waals surface area contributed by atoms with Crippen LogP contribution in [0.4, 0.5) is 0 Å². The first-order valence-electron chi connectivity index (χ1n) is 15.2. The van der Waals surface area contributed by atoms with Gasteiger partial charge in [-0.15, -0.1) is 0 Å². The molecular weight excluding hydrogens is 562 g/mol. The lowest BCUT2D eigenvalue weighted by Crippen LogP contribution is -2.27. The number of aryl methyl sites for hydroxylation is 1. The van der Waals surface area contributed by atoms with Crippen LogP contribution in [-0.2, 0) is 20.7 Å². The number of amides is 1. The minimum Gasteiger partial charge on any atom is -0.507 e. The molecule has 0 saturated carbocycles. The van der Waals surface area contributed by atoms with E-state index in [4.69, 9.17) is 13.9 Å². The molecule has 0 spiro atoms. The monoisotopic (exact) mass is 603 g/mol. The number of cyclic esters (lactones) is 1. The Morgan fingerprint density at radius 3 is 2.61 bits per heavy atom. The van der Waals surface area contributed by atoms with E-state index < -0.39 is 23.7 Å². The molecule has 0 saturated heterocycles. The third-order valence-electron chi connectivity index (χ3n) is 7.81. The van der Waals surface area contributed by atoms with Crippen molar-refractivity contribution >= 4 is 23.7 Å². The Kier molecular flexibility index (Phi) is 11.6. The van der Waals surface area contributed by atoms with Gasteiger partial charge in [-0.25, -0.2) is 4.79 Å². The molecule has 4 rings (SSSR count). The number of ether oxygens (including phenoxy) is 2. The Bertz CT molecular complexity index is 1440. The van der Waals surface area contributed by atoms with Crippen LogP contribution in [0.25, 0.3) is 6.08 Å². The molecule has 9 nitrogen and oxygen atoms in total. The van der Waals surface area contributed by atoms with Crippen LogP contribution in [0.5, 0.6) is 17.2 Å². The lowest BCUT2D eigenvalue weighted by Gasteiger charge is -2.23. The first-order chi connectivity index (χ1) is 21.3. The molecule has 1 amide bonds. The zero-order valence-electron chi connectivity index (χ0n) is 25.3. The van der Waals surface area contributed by atoms with Crippen molar-refractivity contribution in [2.45, 2.75) is 76.7 Å². The molecule has 2 aromatic carbocycles. The van der Waals surface area contributed by atoms with Crippen molar-refractivity contribution in [3.05, 3.63) is 82.8 Å². The van der Waals surface area contributed by atoms with Crippen LogP contribution in [-0.4, -0.2) is 47.6 Å². The summed E-state index contributed by atoms with van der Waals surface area (Å²) in [5.74, 6) is -0.879. The van der Waals surface area contributed by atoms with Gasteiger partial charge in [-0.3, -0.25) is 9.59 Å². The second-order valence-electron chi connectivity index (χ2n) is 11.1. The average molecular weight is 604 g/mol. The Balaban J connectivity index is 1.67. The first-order valence-corrected chi connectivity index (χ1v) is 15.2. The third-order valence-corrected chi connectivity index (χ3v) is 7.81. The van der Waals surface area contributed by atoms with Crippen molar-refractivity contribution in [3.8, 4) is 17.2 Å². The van der Waals surface area contributed by atoms with E-state index in [1.54, 1.807) is 50.6 Å². The maximum absolute atomic E-state index is 13.5. The molecule has 2 heterocycles. The second-order valence-corrected chi connectivity index (χ2v) is 11.1. The van der Waals surface area contributed by atoms with Crippen LogP contribution in [0, 0.1) is 0 Å². The number of methoxy groups -OCH3 is 1. The largest absolute Gasteiger partial charge is 0.507 e. The Morgan fingerprint density at radius 2 is 1.89 bits per heavy atom. The number of rotatable bonds is 9. The van der Waals surface area contributed by atoms with Gasteiger partial charge in [-0.2, -0.15) is 0 Å². The molecule has 9 heteroatoms. The summed E-state index contributed by atoms with van der Waals surface area (Å²) in [6, 6.07) is 12.1. The van der Waals surface area contributed by atoms with Gasteiger partial charge in [-0.05, 0) is 80.5 Å². The van der Waals surface area contributed by atoms with E-state index in [-0.39, 0.29) is 35.0 Å². The van der Waals surface area contributed by atoms with E-state index in [0.29, 0.717) is 74.8 Å². The Morgan fingerprint density at radius 1 is 1.11 bits per heavy atom. The predicted octanol–water partition coefficient (Wildman–Crippen LogP) is 6.45. The minimum absolute atomic E-state index is 0.0596. The summed E-state index contributed by atoms with van der Waals surface area (Å²) in [7, 11) is 1.55. The predicted molar refractivity (Wildman–Crippen MR) is 166 cm³/mol. The van der Waals surface area contributed by atoms with Crippen LogP contribution in [0.3, 0.4) is 0 Å². The number of carbonyl (C=O) groups is 3. The summed E-state index contributed by atoms with van der Waals surface area (Å²) < 4.78 is 16.3. The first kappa shape index (κ1) is 32.4. The fourth-order valence-corrected chi connectivity index (χ4v) is 5.44. The van der Waals surface area contributed by atoms with Crippen LogP contribution in [0.1, 0.15) is 97.0 Å². The van der Waals surface area contributed by atoms with Gasteiger partial charge in [0.2, 0.25) is 5.91 Å². The minimum atomic E-state index is -0.787. The lowest BCUT2D eigenvalue weighted by atomic mass is 9.84. The number of phenolic OH excluding ortho intramolecular Hbond substituents is 2. The second kappa shape index (κ2) is 15.8. The van der Waals surface area contributed by atoms with Gasteiger partial charge in [0.05, 0.1) is 19.5 Å². The molecule has 234 valence electrons. The van der Waals surface area contributed by atoms with Crippen LogP contribution in [0.15, 0.2) is 59.2 Å². The van der Waals surface area contributed by atoms with Gasteiger partial charge in [-0.1, -0.05) is 24.3 Å². The maximum Gasteiger partial charge on any atom is 0.342 e. The quantitative estimate of drug-likeness (QED) is 0.188. The van der Waals surface area contributed by atoms with Crippen molar-refractivity contribution in [2.24, 2.45) is 0 Å². The number of allylic oxidation sites excluding steroid dienone is 1.